The Bertz CT molecular complexity index is 1880. The van der Waals surface area contributed by atoms with Gasteiger partial charge < -0.3 is 50.7 Å². The summed E-state index contributed by atoms with van der Waals surface area (Å²) in [6.45, 7) is -1.66. The van der Waals surface area contributed by atoms with Gasteiger partial charge in [-0.3, -0.25) is 4.98 Å². The Kier molecular flexibility index (Phi) is 13.9. The van der Waals surface area contributed by atoms with Gasteiger partial charge in [-0.2, -0.15) is 0 Å². The Morgan fingerprint density at radius 2 is 1.72 bits per heavy atom. The molecular weight excluding hydrogens is 748 g/mol. The van der Waals surface area contributed by atoms with E-state index in [4.69, 9.17) is 26.2 Å². The number of pyridine rings is 1. The van der Waals surface area contributed by atoms with E-state index in [1.165, 1.54) is 18.2 Å². The van der Waals surface area contributed by atoms with E-state index >= 15 is 0 Å². The molecule has 5 atom stereocenters. The summed E-state index contributed by atoms with van der Waals surface area (Å²) in [5, 5.41) is 61.9. The van der Waals surface area contributed by atoms with Gasteiger partial charge in [-0.15, -0.1) is 0 Å². The van der Waals surface area contributed by atoms with Crippen molar-refractivity contribution in [3.8, 4) is 16.9 Å². The first kappa shape index (κ1) is 41.3. The lowest BCUT2D eigenvalue weighted by molar-refractivity contribution is -0.139. The van der Waals surface area contributed by atoms with Crippen LogP contribution in [0.1, 0.15) is 49.7 Å². The minimum absolute atomic E-state index is 0.0113. The highest BCUT2D eigenvalue weighted by atomic mass is 35.5. The first-order chi connectivity index (χ1) is 25.7. The van der Waals surface area contributed by atoms with Gasteiger partial charge in [0.15, 0.2) is 0 Å². The third-order valence-electron chi connectivity index (χ3n) is 9.21. The number of urea groups is 1. The first-order valence-corrected chi connectivity index (χ1v) is 19.3. The van der Waals surface area contributed by atoms with Crippen molar-refractivity contribution in [2.75, 3.05) is 19.7 Å². The van der Waals surface area contributed by atoms with Crippen molar-refractivity contribution >= 4 is 33.6 Å². The van der Waals surface area contributed by atoms with Crippen LogP contribution in [0.15, 0.2) is 65.8 Å². The molecule has 2 fully saturated rings. The molecule has 2 amide bonds. The number of para-hydroxylation sites is 1. The summed E-state index contributed by atoms with van der Waals surface area (Å²) in [5.74, 6) is -0.610. The molecule has 4 unspecified atom stereocenters. The number of ether oxygens (including phenoxy) is 2. The molecular formula is C36H45ClN4O12S. The third kappa shape index (κ3) is 10.6. The van der Waals surface area contributed by atoms with Gasteiger partial charge in [0.05, 0.1) is 35.9 Å². The van der Waals surface area contributed by atoms with Crippen LogP contribution in [0.25, 0.3) is 11.1 Å². The van der Waals surface area contributed by atoms with Crippen molar-refractivity contribution in [3.63, 3.8) is 0 Å². The number of aliphatic carboxylic acids is 1. The molecule has 0 spiro atoms. The van der Waals surface area contributed by atoms with E-state index in [-0.39, 0.29) is 37.0 Å². The number of carbonyl (C=O) groups is 2. The number of aliphatic hydroxyl groups is 5. The largest absolute Gasteiger partial charge is 0.490 e. The zero-order chi connectivity index (χ0) is 39.0. The molecule has 2 saturated carbocycles. The summed E-state index contributed by atoms with van der Waals surface area (Å²) in [5.41, 5.74) is 2.58. The third-order valence-corrected chi connectivity index (χ3v) is 11.0. The number of aliphatic hydroxyl groups excluding tert-OH is 5. The van der Waals surface area contributed by atoms with Gasteiger partial charge in [0.25, 0.3) is 0 Å². The molecule has 1 aromatic heterocycles. The summed E-state index contributed by atoms with van der Waals surface area (Å²) in [6, 6.07) is 11.5. The van der Waals surface area contributed by atoms with E-state index in [9.17, 15) is 43.5 Å². The molecule has 5 rings (SSSR count). The fourth-order valence-corrected chi connectivity index (χ4v) is 7.04. The Morgan fingerprint density at radius 1 is 1.00 bits per heavy atom. The number of halogens is 1. The maximum atomic E-state index is 13.2. The lowest BCUT2D eigenvalue weighted by atomic mass is 9.96. The van der Waals surface area contributed by atoms with E-state index in [0.29, 0.717) is 10.6 Å². The van der Waals surface area contributed by atoms with Crippen LogP contribution in [0.5, 0.6) is 5.75 Å². The van der Waals surface area contributed by atoms with Gasteiger partial charge >= 0.3 is 12.0 Å². The Hall–Kier alpha value is -3.91. The number of hydrogen-bond donors (Lipinski definition) is 9. The average Bonchev–Trinajstić information content (AvgIpc) is 4.11. The van der Waals surface area contributed by atoms with Crippen LogP contribution in [0.4, 0.5) is 4.79 Å². The highest BCUT2D eigenvalue weighted by molar-refractivity contribution is 7.89. The number of sulfonamides is 1. The van der Waals surface area contributed by atoms with Crippen molar-refractivity contribution in [1.29, 1.82) is 0 Å². The smallest absolute Gasteiger partial charge is 0.326 e. The zero-order valence-electron chi connectivity index (χ0n) is 29.2. The number of nitrogens with zero attached hydrogens (tertiary/aromatic N) is 1. The van der Waals surface area contributed by atoms with Crippen LogP contribution in [-0.4, -0.2) is 112 Å². The summed E-state index contributed by atoms with van der Waals surface area (Å²) in [4.78, 5) is 28.3. The number of hydrogen-bond acceptors (Lipinski definition) is 12. The van der Waals surface area contributed by atoms with Crippen molar-refractivity contribution in [1.82, 2.24) is 20.3 Å². The van der Waals surface area contributed by atoms with E-state index in [1.807, 2.05) is 30.3 Å². The lowest BCUT2D eigenvalue weighted by Crippen LogP contribution is -2.52. The molecule has 0 radical (unpaired) electrons. The molecule has 2 aromatic carbocycles. The monoisotopic (exact) mass is 792 g/mol. The summed E-state index contributed by atoms with van der Waals surface area (Å²) in [6.07, 6.45) is -0.240. The van der Waals surface area contributed by atoms with Gasteiger partial charge in [-0.1, -0.05) is 29.8 Å². The number of rotatable bonds is 21. The second kappa shape index (κ2) is 18.1. The quantitative estimate of drug-likeness (QED) is 0.0693. The predicted octanol–water partition coefficient (Wildman–Crippen LogP) is 1.40. The molecule has 9 N–H and O–H groups in total. The van der Waals surface area contributed by atoms with E-state index in [1.54, 1.807) is 12.4 Å². The fourth-order valence-electron chi connectivity index (χ4n) is 5.74. The minimum Gasteiger partial charge on any atom is -0.490 e. The summed E-state index contributed by atoms with van der Waals surface area (Å²) < 4.78 is 41.5. The Labute approximate surface area is 317 Å². The molecule has 3 aromatic rings. The van der Waals surface area contributed by atoms with E-state index < -0.39 is 71.2 Å². The lowest BCUT2D eigenvalue weighted by Gasteiger charge is -2.26. The second-order valence-electron chi connectivity index (χ2n) is 13.4. The molecule has 18 heteroatoms. The standard InChI is InChI=1S/C36H45ClN4O12S/c37-27-10-9-23(54(50,51)40-14-3-5-28(34(47)48)41-35(49)39-18-29(43)32(45)33(46)30(44)19-42)16-21(27)20-52-36(12-13-36)26-17-38-15-11-24(26)25-4-1-2-6-31(25)53-22-7-8-22/h1-2,4,6,9-11,15-17,22,28-30,32-33,40,42-46H,3,5,7-8,12-14,18-20H2,(H,47,48)(H2,39,41,49)/t28-,29?,30?,32?,33?/m0/s1. The molecule has 294 valence electrons. The van der Waals surface area contributed by atoms with Gasteiger partial charge in [0.2, 0.25) is 10.0 Å². The number of carbonyl (C=O) groups excluding carboxylic acids is 1. The van der Waals surface area contributed by atoms with Crippen molar-refractivity contribution < 1.29 is 58.1 Å². The highest BCUT2D eigenvalue weighted by Gasteiger charge is 2.48. The number of aromatic nitrogens is 1. The van der Waals surface area contributed by atoms with Crippen LogP contribution in [-0.2, 0) is 31.8 Å². The first-order valence-electron chi connectivity index (χ1n) is 17.5. The molecule has 16 nitrogen and oxygen atoms in total. The summed E-state index contributed by atoms with van der Waals surface area (Å²) >= 11 is 6.49. The molecule has 0 saturated heterocycles. The molecule has 54 heavy (non-hydrogen) atoms. The predicted molar refractivity (Wildman–Crippen MR) is 194 cm³/mol. The van der Waals surface area contributed by atoms with Crippen LogP contribution in [0.2, 0.25) is 5.02 Å². The number of nitrogens with one attached hydrogen (secondary N) is 3. The SMILES string of the molecule is O=C(NCC(O)C(O)C(O)C(O)CO)N[C@@H](CCCNS(=O)(=O)c1ccc(Cl)c(COC2(c3cnccc3-c3ccccc3OC3CC3)CC2)c1)C(=O)O. The Balaban J connectivity index is 1.14. The van der Waals surface area contributed by atoms with Gasteiger partial charge in [0.1, 0.15) is 30.1 Å². The summed E-state index contributed by atoms with van der Waals surface area (Å²) in [7, 11) is -4.07. The van der Waals surface area contributed by atoms with Gasteiger partial charge in [-0.25, -0.2) is 22.7 Å². The molecule has 0 aliphatic heterocycles. The fraction of sp³-hybridized carbons (Fsp3) is 0.472. The van der Waals surface area contributed by atoms with Gasteiger partial charge in [-0.05, 0) is 80.0 Å². The second-order valence-corrected chi connectivity index (χ2v) is 15.5. The average molecular weight is 793 g/mol. The maximum Gasteiger partial charge on any atom is 0.326 e. The topological polar surface area (TPSA) is 257 Å². The molecule has 0 bridgehead atoms. The van der Waals surface area contributed by atoms with Crippen molar-refractivity contribution in [3.05, 3.63) is 77.1 Å². The highest BCUT2D eigenvalue weighted by Crippen LogP contribution is 2.53. The van der Waals surface area contributed by atoms with E-state index in [0.717, 1.165) is 48.1 Å². The van der Waals surface area contributed by atoms with Crippen LogP contribution < -0.4 is 20.1 Å². The normalized spacial score (nSPS) is 17.8. The molecule has 2 aliphatic carbocycles. The maximum absolute atomic E-state index is 13.2. The minimum atomic E-state index is -4.07. The molecule has 2 aliphatic rings. The number of carboxylic acid groups (broad SMARTS) is 1. The van der Waals surface area contributed by atoms with Crippen molar-refractivity contribution in [2.45, 2.75) is 92.2 Å². The van der Waals surface area contributed by atoms with Gasteiger partial charge in [0, 0.05) is 41.6 Å². The number of amides is 2. The van der Waals surface area contributed by atoms with E-state index in [2.05, 4.69) is 20.3 Å². The van der Waals surface area contributed by atoms with Crippen LogP contribution in [0.3, 0.4) is 0 Å². The van der Waals surface area contributed by atoms with Crippen LogP contribution >= 0.6 is 11.6 Å². The molecule has 1 heterocycles. The van der Waals surface area contributed by atoms with Crippen molar-refractivity contribution in [2.24, 2.45) is 0 Å². The Morgan fingerprint density at radius 3 is 2.41 bits per heavy atom. The zero-order valence-corrected chi connectivity index (χ0v) is 30.7. The van der Waals surface area contributed by atoms with Crippen LogP contribution in [0, 0.1) is 0 Å². The number of benzene rings is 2. The number of carboxylic acids is 1.